The fraction of sp³-hybridized carbons (Fsp3) is 0.364. The van der Waals surface area contributed by atoms with Gasteiger partial charge in [-0.1, -0.05) is 33.8 Å². The Morgan fingerprint density at radius 1 is 0.967 bits per heavy atom. The molecule has 2 aromatic carbocycles. The molecule has 1 N–H and O–H groups in total. The monoisotopic (exact) mass is 443 g/mol. The summed E-state index contributed by atoms with van der Waals surface area (Å²) in [5.41, 5.74) is -2.44. The van der Waals surface area contributed by atoms with E-state index in [0.29, 0.717) is 11.3 Å². The lowest BCUT2D eigenvalue weighted by Gasteiger charge is -2.13. The second-order valence-electron chi connectivity index (χ2n) is 5.58. The van der Waals surface area contributed by atoms with E-state index in [9.17, 15) is 22.8 Å². The van der Waals surface area contributed by atoms with Gasteiger partial charge >= 0.3 is 11.5 Å². The predicted molar refractivity (Wildman–Crippen MR) is 116 cm³/mol. The highest BCUT2D eigenvalue weighted by Crippen LogP contribution is 2.37. The summed E-state index contributed by atoms with van der Waals surface area (Å²) >= 11 is -0.232. The van der Waals surface area contributed by atoms with Crippen molar-refractivity contribution in [2.24, 2.45) is 0 Å². The average Bonchev–Trinajstić information content (AvgIpc) is 2.67. The average molecular weight is 444 g/mol. The van der Waals surface area contributed by atoms with Crippen molar-refractivity contribution in [2.75, 3.05) is 5.32 Å². The summed E-state index contributed by atoms with van der Waals surface area (Å²) in [4.78, 5) is 23.9. The van der Waals surface area contributed by atoms with Gasteiger partial charge in [-0.2, -0.15) is 13.2 Å². The number of esters is 1. The van der Waals surface area contributed by atoms with Crippen molar-refractivity contribution in [3.63, 3.8) is 0 Å². The van der Waals surface area contributed by atoms with E-state index in [1.807, 2.05) is 27.7 Å². The number of hydrogen-bond donors (Lipinski definition) is 1. The molecule has 0 fully saturated rings. The number of ether oxygens (including phenoxy) is 1. The molecule has 0 aliphatic carbocycles. The van der Waals surface area contributed by atoms with Crippen LogP contribution in [0.2, 0.25) is 0 Å². The lowest BCUT2D eigenvalue weighted by Crippen LogP contribution is -2.16. The first-order valence-corrected chi connectivity index (χ1v) is 10.3. The molecule has 4 nitrogen and oxygen atoms in total. The highest BCUT2D eigenvalue weighted by Gasteiger charge is 2.29. The van der Waals surface area contributed by atoms with Crippen LogP contribution in [0.5, 0.6) is 5.75 Å². The van der Waals surface area contributed by atoms with E-state index in [1.165, 1.54) is 31.2 Å². The molecule has 2 rings (SSSR count). The van der Waals surface area contributed by atoms with Crippen molar-refractivity contribution in [3.05, 3.63) is 53.1 Å². The zero-order valence-electron chi connectivity index (χ0n) is 18.2. The van der Waals surface area contributed by atoms with Crippen LogP contribution in [0, 0.1) is 13.8 Å². The van der Waals surface area contributed by atoms with E-state index < -0.39 is 17.4 Å². The Morgan fingerprint density at radius 3 is 1.97 bits per heavy atom. The van der Waals surface area contributed by atoms with Gasteiger partial charge in [-0.25, -0.2) is 0 Å². The van der Waals surface area contributed by atoms with Gasteiger partial charge in [-0.15, -0.1) is 0 Å². The smallest absolute Gasteiger partial charge is 0.426 e. The minimum atomic E-state index is -4.37. The predicted octanol–water partition coefficient (Wildman–Crippen LogP) is 7.15. The number of benzene rings is 2. The molecule has 0 atom stereocenters. The summed E-state index contributed by atoms with van der Waals surface area (Å²) in [6.07, 6.45) is 0. The zero-order valence-corrected chi connectivity index (χ0v) is 19.0. The summed E-state index contributed by atoms with van der Waals surface area (Å²) < 4.78 is 42.2. The molecule has 2 aromatic rings. The Bertz CT molecular complexity index is 835. The SMILES string of the molecule is CC.CC.CC(=O)Oc1c(C)cc(C)cc1C(=O)Nc1ccc(SC(F)(F)F)cc1. The van der Waals surface area contributed by atoms with Gasteiger partial charge in [0, 0.05) is 17.5 Å². The highest BCUT2D eigenvalue weighted by atomic mass is 32.2. The van der Waals surface area contributed by atoms with E-state index in [0.717, 1.165) is 5.56 Å². The maximum absolute atomic E-state index is 12.5. The number of anilines is 1. The minimum Gasteiger partial charge on any atom is -0.426 e. The first-order chi connectivity index (χ1) is 14.0. The Hall–Kier alpha value is -2.48. The van der Waals surface area contributed by atoms with Crippen LogP contribution in [0.4, 0.5) is 18.9 Å². The molecule has 0 bridgehead atoms. The number of carbonyl (C=O) groups excluding carboxylic acids is 2. The lowest BCUT2D eigenvalue weighted by atomic mass is 10.0. The molecule has 0 unspecified atom stereocenters. The third kappa shape index (κ3) is 9.35. The van der Waals surface area contributed by atoms with Crippen molar-refractivity contribution in [1.82, 2.24) is 0 Å². The van der Waals surface area contributed by atoms with Gasteiger partial charge in [0.05, 0.1) is 5.56 Å². The summed E-state index contributed by atoms with van der Waals surface area (Å²) in [5.74, 6) is -0.923. The van der Waals surface area contributed by atoms with E-state index >= 15 is 0 Å². The van der Waals surface area contributed by atoms with Crippen LogP contribution in [0.25, 0.3) is 0 Å². The summed E-state index contributed by atoms with van der Waals surface area (Å²) in [6.45, 7) is 12.7. The molecule has 0 aliphatic heterocycles. The van der Waals surface area contributed by atoms with Gasteiger partial charge in [0.1, 0.15) is 5.75 Å². The standard InChI is InChI=1S/C18H16F3NO3S.2C2H6/c1-10-8-11(2)16(25-12(3)23)15(9-10)17(24)22-13-4-6-14(7-5-13)26-18(19,20)21;2*1-2/h4-9H,1-3H3,(H,22,24);2*1-2H3. The normalized spacial score (nSPS) is 10.1. The Balaban J connectivity index is 0.00000198. The second-order valence-corrected chi connectivity index (χ2v) is 6.72. The fourth-order valence-corrected chi connectivity index (χ4v) is 2.88. The third-order valence-corrected chi connectivity index (χ3v) is 3.99. The number of halogens is 3. The lowest BCUT2D eigenvalue weighted by molar-refractivity contribution is -0.131. The Morgan fingerprint density at radius 2 is 1.50 bits per heavy atom. The number of amides is 1. The first kappa shape index (κ1) is 27.5. The van der Waals surface area contributed by atoms with Crippen LogP contribution in [0.15, 0.2) is 41.3 Å². The molecule has 0 radical (unpaired) electrons. The number of aryl methyl sites for hydroxylation is 2. The summed E-state index contributed by atoms with van der Waals surface area (Å²) in [6, 6.07) is 8.64. The Kier molecular flexibility index (Phi) is 11.9. The van der Waals surface area contributed by atoms with Gasteiger partial charge in [0.15, 0.2) is 0 Å². The number of thioether (sulfide) groups is 1. The van der Waals surface area contributed by atoms with Crippen molar-refractivity contribution < 1.29 is 27.5 Å². The maximum Gasteiger partial charge on any atom is 0.446 e. The fourth-order valence-electron chi connectivity index (χ4n) is 2.34. The maximum atomic E-state index is 12.5. The van der Waals surface area contributed by atoms with Crippen molar-refractivity contribution in [2.45, 2.75) is 58.9 Å². The number of carbonyl (C=O) groups is 2. The molecule has 0 saturated heterocycles. The molecule has 166 valence electrons. The van der Waals surface area contributed by atoms with Gasteiger partial charge < -0.3 is 10.1 Å². The van der Waals surface area contributed by atoms with Crippen molar-refractivity contribution in [3.8, 4) is 5.75 Å². The van der Waals surface area contributed by atoms with E-state index in [4.69, 9.17) is 4.74 Å². The van der Waals surface area contributed by atoms with Crippen LogP contribution in [-0.4, -0.2) is 17.4 Å². The second kappa shape index (κ2) is 13.0. The molecule has 0 saturated carbocycles. The molecule has 30 heavy (non-hydrogen) atoms. The Labute approximate surface area is 180 Å². The molecular formula is C22H28F3NO3S. The number of hydrogen-bond acceptors (Lipinski definition) is 4. The van der Waals surface area contributed by atoms with Crippen molar-refractivity contribution >= 4 is 29.3 Å². The van der Waals surface area contributed by atoms with Crippen LogP contribution < -0.4 is 10.1 Å². The summed E-state index contributed by atoms with van der Waals surface area (Å²) in [5, 5.41) is 2.60. The van der Waals surface area contributed by atoms with Crippen LogP contribution >= 0.6 is 11.8 Å². The quantitative estimate of drug-likeness (QED) is 0.310. The molecule has 0 spiro atoms. The molecular weight excluding hydrogens is 415 g/mol. The molecule has 0 heterocycles. The first-order valence-electron chi connectivity index (χ1n) is 9.52. The number of alkyl halides is 3. The molecule has 0 aliphatic rings. The van der Waals surface area contributed by atoms with Crippen LogP contribution in [0.1, 0.15) is 56.1 Å². The topological polar surface area (TPSA) is 55.4 Å². The molecule has 0 aromatic heterocycles. The van der Waals surface area contributed by atoms with E-state index in [1.54, 1.807) is 26.0 Å². The summed E-state index contributed by atoms with van der Waals surface area (Å²) in [7, 11) is 0. The number of rotatable bonds is 4. The van der Waals surface area contributed by atoms with Gasteiger partial charge in [0.25, 0.3) is 5.91 Å². The van der Waals surface area contributed by atoms with Gasteiger partial charge in [-0.05, 0) is 67.1 Å². The van der Waals surface area contributed by atoms with Gasteiger partial charge in [0.2, 0.25) is 0 Å². The largest absolute Gasteiger partial charge is 0.446 e. The zero-order chi connectivity index (χ0) is 23.5. The number of nitrogens with one attached hydrogen (secondary N) is 1. The van der Waals surface area contributed by atoms with E-state index in [2.05, 4.69) is 5.32 Å². The highest BCUT2D eigenvalue weighted by molar-refractivity contribution is 8.00. The van der Waals surface area contributed by atoms with Crippen LogP contribution in [0.3, 0.4) is 0 Å². The third-order valence-electron chi connectivity index (χ3n) is 3.26. The van der Waals surface area contributed by atoms with E-state index in [-0.39, 0.29) is 28.0 Å². The van der Waals surface area contributed by atoms with Crippen molar-refractivity contribution in [1.29, 1.82) is 0 Å². The van der Waals surface area contributed by atoms with Gasteiger partial charge in [-0.3, -0.25) is 9.59 Å². The van der Waals surface area contributed by atoms with Crippen LogP contribution in [-0.2, 0) is 4.79 Å². The minimum absolute atomic E-state index is 0.0162. The molecule has 1 amide bonds. The molecule has 8 heteroatoms.